The summed E-state index contributed by atoms with van der Waals surface area (Å²) in [7, 11) is 0. The highest BCUT2D eigenvalue weighted by atomic mass is 35.5. The Kier molecular flexibility index (Phi) is 4.65. The number of hydrogen-bond donors (Lipinski definition) is 2. The van der Waals surface area contributed by atoms with E-state index in [-0.39, 0.29) is 5.56 Å². The molecule has 0 unspecified atom stereocenters. The molecule has 7 heteroatoms. The first-order valence-electron chi connectivity index (χ1n) is 8.96. The summed E-state index contributed by atoms with van der Waals surface area (Å²) < 4.78 is 1.53. The summed E-state index contributed by atoms with van der Waals surface area (Å²) in [5, 5.41) is 7.07. The summed E-state index contributed by atoms with van der Waals surface area (Å²) in [6.45, 7) is 5.91. The molecule has 0 radical (unpaired) electrons. The van der Waals surface area contributed by atoms with Gasteiger partial charge in [-0.2, -0.15) is 0 Å². The molecule has 0 saturated carbocycles. The smallest absolute Gasteiger partial charge is 0.257 e. The number of rotatable bonds is 2. The van der Waals surface area contributed by atoms with Crippen LogP contribution in [0.3, 0.4) is 0 Å². The molecule has 1 aromatic heterocycles. The van der Waals surface area contributed by atoms with Crippen LogP contribution >= 0.6 is 11.6 Å². The summed E-state index contributed by atoms with van der Waals surface area (Å²) in [5.41, 5.74) is 4.53. The molecule has 0 bridgehead atoms. The number of halogens is 1. The molecule has 142 valence electrons. The van der Waals surface area contributed by atoms with Gasteiger partial charge in [0.2, 0.25) is 11.9 Å². The second-order valence-corrected chi connectivity index (χ2v) is 7.27. The van der Waals surface area contributed by atoms with Crippen LogP contribution < -0.4 is 16.2 Å². The third-order valence-electron chi connectivity index (χ3n) is 4.81. The summed E-state index contributed by atoms with van der Waals surface area (Å²) in [4.78, 5) is 21.9. The lowest BCUT2D eigenvalue weighted by Gasteiger charge is -2.27. The van der Waals surface area contributed by atoms with E-state index in [1.165, 1.54) is 16.2 Å². The van der Waals surface area contributed by atoms with Gasteiger partial charge in [-0.3, -0.25) is 14.7 Å². The van der Waals surface area contributed by atoms with Crippen molar-refractivity contribution in [2.75, 3.05) is 10.6 Å². The first kappa shape index (κ1) is 18.3. The van der Waals surface area contributed by atoms with Crippen molar-refractivity contribution in [2.24, 2.45) is 4.99 Å². The van der Waals surface area contributed by atoms with E-state index in [0.29, 0.717) is 22.6 Å². The van der Waals surface area contributed by atoms with E-state index in [9.17, 15) is 4.79 Å². The maximum absolute atomic E-state index is 12.7. The molecule has 28 heavy (non-hydrogen) atoms. The zero-order valence-electron chi connectivity index (χ0n) is 15.8. The first-order chi connectivity index (χ1) is 13.4. The Bertz CT molecular complexity index is 1150. The van der Waals surface area contributed by atoms with Gasteiger partial charge in [-0.15, -0.1) is 0 Å². The van der Waals surface area contributed by atoms with Crippen LogP contribution in [0.1, 0.15) is 28.6 Å². The lowest BCUT2D eigenvalue weighted by atomic mass is 10.1. The van der Waals surface area contributed by atoms with Crippen molar-refractivity contribution in [2.45, 2.75) is 26.9 Å². The van der Waals surface area contributed by atoms with Crippen LogP contribution in [-0.4, -0.2) is 15.5 Å². The molecule has 0 spiro atoms. The molecular formula is C21H20ClN5O. The zero-order valence-corrected chi connectivity index (χ0v) is 16.6. The Labute approximate surface area is 167 Å². The molecule has 1 aliphatic rings. The molecule has 3 aromatic rings. The lowest BCUT2D eigenvalue weighted by Crippen LogP contribution is -2.37. The third kappa shape index (κ3) is 3.39. The van der Waals surface area contributed by atoms with Crippen molar-refractivity contribution in [1.82, 2.24) is 9.55 Å². The van der Waals surface area contributed by atoms with Crippen molar-refractivity contribution in [3.8, 4) is 0 Å². The van der Waals surface area contributed by atoms with Gasteiger partial charge in [0.05, 0.1) is 0 Å². The molecule has 1 atom stereocenters. The van der Waals surface area contributed by atoms with Crippen molar-refractivity contribution in [3.63, 3.8) is 0 Å². The molecule has 1 aliphatic heterocycles. The second-order valence-electron chi connectivity index (χ2n) is 6.83. The van der Waals surface area contributed by atoms with E-state index in [1.807, 2.05) is 30.3 Å². The molecule has 2 heterocycles. The van der Waals surface area contributed by atoms with Gasteiger partial charge in [0.25, 0.3) is 5.56 Å². The standard InChI is InChI=1S/C21H20ClN5O/c1-12-6-4-9-17(14(12)3)24-20-25-19(15-7-5-8-16(22)11-15)27-18(28)10-13(2)23-21(27)26-20/h4-11,19H,1-3H3,(H2,23,24,25,26)/t19-/m1/s1. The van der Waals surface area contributed by atoms with E-state index in [1.54, 1.807) is 13.0 Å². The number of benzene rings is 2. The molecule has 0 fully saturated rings. The molecule has 0 amide bonds. The van der Waals surface area contributed by atoms with Crippen LogP contribution in [0.4, 0.5) is 11.6 Å². The summed E-state index contributed by atoms with van der Waals surface area (Å²) in [6, 6.07) is 14.9. The first-order valence-corrected chi connectivity index (χ1v) is 9.34. The average Bonchev–Trinajstić information content (AvgIpc) is 2.64. The van der Waals surface area contributed by atoms with E-state index < -0.39 is 6.17 Å². The Hall–Kier alpha value is -3.12. The molecule has 0 aliphatic carbocycles. The van der Waals surface area contributed by atoms with Crippen LogP contribution in [0.15, 0.2) is 58.3 Å². The fourth-order valence-corrected chi connectivity index (χ4v) is 3.42. The highest BCUT2D eigenvalue weighted by molar-refractivity contribution is 6.30. The van der Waals surface area contributed by atoms with Crippen LogP contribution in [-0.2, 0) is 0 Å². The minimum Gasteiger partial charge on any atom is -0.326 e. The van der Waals surface area contributed by atoms with E-state index in [2.05, 4.69) is 35.5 Å². The van der Waals surface area contributed by atoms with Crippen LogP contribution in [0, 0.1) is 20.8 Å². The summed E-state index contributed by atoms with van der Waals surface area (Å²) in [6.07, 6.45) is -0.567. The van der Waals surface area contributed by atoms with Gasteiger partial charge in [-0.1, -0.05) is 35.9 Å². The number of fused-ring (bicyclic) bond motifs is 1. The molecular weight excluding hydrogens is 374 g/mol. The Morgan fingerprint density at radius 2 is 1.89 bits per heavy atom. The van der Waals surface area contributed by atoms with E-state index in [4.69, 9.17) is 16.6 Å². The number of guanidine groups is 1. The van der Waals surface area contributed by atoms with Crippen LogP contribution in [0.25, 0.3) is 0 Å². The largest absolute Gasteiger partial charge is 0.326 e. The number of aromatic nitrogens is 2. The quantitative estimate of drug-likeness (QED) is 0.682. The number of aliphatic imine (C=N–C) groups is 1. The summed E-state index contributed by atoms with van der Waals surface area (Å²) >= 11 is 6.18. The molecule has 4 rings (SSSR count). The van der Waals surface area contributed by atoms with Crippen molar-refractivity contribution in [1.29, 1.82) is 0 Å². The fourth-order valence-electron chi connectivity index (χ4n) is 3.22. The van der Waals surface area contributed by atoms with Crippen molar-refractivity contribution >= 4 is 29.2 Å². The van der Waals surface area contributed by atoms with Crippen LogP contribution in [0.5, 0.6) is 0 Å². The van der Waals surface area contributed by atoms with Gasteiger partial charge in [-0.25, -0.2) is 9.98 Å². The highest BCUT2D eigenvalue weighted by Crippen LogP contribution is 2.28. The number of anilines is 2. The van der Waals surface area contributed by atoms with Gasteiger partial charge in [0.1, 0.15) is 0 Å². The maximum atomic E-state index is 12.7. The zero-order chi connectivity index (χ0) is 19.8. The minimum atomic E-state index is -0.567. The predicted octanol–water partition coefficient (Wildman–Crippen LogP) is 4.26. The van der Waals surface area contributed by atoms with Crippen LogP contribution in [0.2, 0.25) is 5.02 Å². The normalized spacial score (nSPS) is 15.4. The van der Waals surface area contributed by atoms with E-state index >= 15 is 0 Å². The second kappa shape index (κ2) is 7.13. The molecule has 6 nitrogen and oxygen atoms in total. The van der Waals surface area contributed by atoms with Gasteiger partial charge in [-0.05, 0) is 55.7 Å². The maximum Gasteiger partial charge on any atom is 0.257 e. The number of hydrogen-bond acceptors (Lipinski definition) is 5. The van der Waals surface area contributed by atoms with Gasteiger partial charge in [0.15, 0.2) is 6.17 Å². The number of nitrogens with one attached hydrogen (secondary N) is 2. The Morgan fingerprint density at radius 3 is 2.68 bits per heavy atom. The van der Waals surface area contributed by atoms with Gasteiger partial charge < -0.3 is 5.32 Å². The average molecular weight is 394 g/mol. The topological polar surface area (TPSA) is 71.3 Å². The summed E-state index contributed by atoms with van der Waals surface area (Å²) in [5.74, 6) is 0.967. The Balaban J connectivity index is 1.82. The van der Waals surface area contributed by atoms with Gasteiger partial charge in [0, 0.05) is 22.5 Å². The fraction of sp³-hybridized carbons (Fsp3) is 0.190. The number of nitrogens with zero attached hydrogens (tertiary/aromatic N) is 3. The SMILES string of the molecule is Cc1cc(=O)n2c(n1)NC(Nc1cccc(C)c1C)=N[C@H]2c1cccc(Cl)c1. The highest BCUT2D eigenvalue weighted by Gasteiger charge is 2.25. The number of aryl methyl sites for hydroxylation is 2. The minimum absolute atomic E-state index is 0.172. The van der Waals surface area contributed by atoms with E-state index in [0.717, 1.165) is 16.8 Å². The molecule has 2 aromatic carbocycles. The monoisotopic (exact) mass is 393 g/mol. The van der Waals surface area contributed by atoms with Gasteiger partial charge >= 0.3 is 0 Å². The van der Waals surface area contributed by atoms with Crippen molar-refractivity contribution in [3.05, 3.63) is 86.3 Å². The Morgan fingerprint density at radius 1 is 1.11 bits per heavy atom. The molecule has 2 N–H and O–H groups in total. The molecule has 0 saturated heterocycles. The van der Waals surface area contributed by atoms with Crippen molar-refractivity contribution < 1.29 is 0 Å². The third-order valence-corrected chi connectivity index (χ3v) is 5.05. The lowest BCUT2D eigenvalue weighted by molar-refractivity contribution is 0.577. The predicted molar refractivity (Wildman–Crippen MR) is 113 cm³/mol.